The number of nitrogens with one attached hydrogen (secondary N) is 1. The number of halogens is 5. The fourth-order valence-electron chi connectivity index (χ4n) is 1.87. The number of benzene rings is 2. The maximum Gasteiger partial charge on any atom is 0.148 e. The number of rotatable bonds is 3. The zero-order chi connectivity index (χ0) is 14.9. The third-order valence-corrected chi connectivity index (χ3v) is 4.70. The van der Waals surface area contributed by atoms with Crippen molar-refractivity contribution >= 4 is 55.1 Å². The maximum atomic E-state index is 14.3. The SMILES string of the molecule is NNC(c1cc(Cl)cc(Br)c1)c1ccc(Br)c(Cl)c1F. The smallest absolute Gasteiger partial charge is 0.148 e. The van der Waals surface area contributed by atoms with Crippen LogP contribution in [-0.2, 0) is 0 Å². The Bertz CT molecular complexity index is 632. The molecule has 7 heteroatoms. The summed E-state index contributed by atoms with van der Waals surface area (Å²) in [6.45, 7) is 0. The molecular weight excluding hydrogens is 434 g/mol. The van der Waals surface area contributed by atoms with Crippen molar-refractivity contribution in [2.45, 2.75) is 6.04 Å². The Hall–Kier alpha value is -0.170. The van der Waals surface area contributed by atoms with Crippen LogP contribution in [0.5, 0.6) is 0 Å². The molecule has 2 aromatic carbocycles. The molecule has 0 aromatic heterocycles. The molecule has 106 valence electrons. The minimum atomic E-state index is -0.560. The van der Waals surface area contributed by atoms with Crippen LogP contribution in [0.1, 0.15) is 17.2 Å². The Morgan fingerprint density at radius 1 is 1.15 bits per heavy atom. The van der Waals surface area contributed by atoms with Crippen LogP contribution in [-0.4, -0.2) is 0 Å². The molecule has 0 heterocycles. The standard InChI is InChI=1S/C13H9Br2Cl2FN2/c14-7-3-6(4-8(16)5-7)13(20-19)9-1-2-10(15)11(17)12(9)18/h1-5,13,20H,19H2. The molecule has 0 saturated carbocycles. The molecule has 1 unspecified atom stereocenters. The van der Waals surface area contributed by atoms with Gasteiger partial charge in [0.15, 0.2) is 0 Å². The van der Waals surface area contributed by atoms with Crippen LogP contribution in [0.25, 0.3) is 0 Å². The summed E-state index contributed by atoms with van der Waals surface area (Å²) in [5.74, 6) is 5.04. The lowest BCUT2D eigenvalue weighted by molar-refractivity contribution is 0.560. The summed E-state index contributed by atoms with van der Waals surface area (Å²) in [6, 6.07) is 7.99. The highest BCUT2D eigenvalue weighted by Crippen LogP contribution is 2.34. The lowest BCUT2D eigenvalue weighted by Gasteiger charge is -2.19. The van der Waals surface area contributed by atoms with E-state index >= 15 is 0 Å². The van der Waals surface area contributed by atoms with Crippen molar-refractivity contribution in [2.75, 3.05) is 0 Å². The minimum absolute atomic E-state index is 0.0174. The molecule has 3 N–H and O–H groups in total. The van der Waals surface area contributed by atoms with Gasteiger partial charge in [0.25, 0.3) is 0 Å². The molecule has 0 aliphatic rings. The normalized spacial score (nSPS) is 12.5. The van der Waals surface area contributed by atoms with Crippen molar-refractivity contribution in [3.05, 3.63) is 66.3 Å². The van der Waals surface area contributed by atoms with Gasteiger partial charge in [0.1, 0.15) is 5.82 Å². The van der Waals surface area contributed by atoms with Gasteiger partial charge in [-0.3, -0.25) is 5.84 Å². The first kappa shape index (κ1) is 16.2. The van der Waals surface area contributed by atoms with E-state index in [2.05, 4.69) is 37.3 Å². The van der Waals surface area contributed by atoms with Gasteiger partial charge in [-0.15, -0.1) is 0 Å². The van der Waals surface area contributed by atoms with E-state index in [4.69, 9.17) is 29.0 Å². The van der Waals surface area contributed by atoms with Gasteiger partial charge in [-0.05, 0) is 45.8 Å². The zero-order valence-corrected chi connectivity index (χ0v) is 14.6. The number of hydrogen-bond donors (Lipinski definition) is 2. The first-order valence-electron chi connectivity index (χ1n) is 5.49. The summed E-state index contributed by atoms with van der Waals surface area (Å²) >= 11 is 18.4. The first-order chi connectivity index (χ1) is 9.43. The highest BCUT2D eigenvalue weighted by molar-refractivity contribution is 9.10. The van der Waals surface area contributed by atoms with Crippen LogP contribution in [0.2, 0.25) is 10.0 Å². The van der Waals surface area contributed by atoms with Crippen molar-refractivity contribution in [1.82, 2.24) is 5.43 Å². The van der Waals surface area contributed by atoms with Crippen LogP contribution in [0.3, 0.4) is 0 Å². The van der Waals surface area contributed by atoms with Gasteiger partial charge in [-0.2, -0.15) is 0 Å². The van der Waals surface area contributed by atoms with Gasteiger partial charge in [-0.25, -0.2) is 9.82 Å². The second-order valence-electron chi connectivity index (χ2n) is 4.07. The largest absolute Gasteiger partial charge is 0.271 e. The Morgan fingerprint density at radius 2 is 1.85 bits per heavy atom. The van der Waals surface area contributed by atoms with Crippen LogP contribution >= 0.6 is 55.1 Å². The van der Waals surface area contributed by atoms with E-state index in [9.17, 15) is 4.39 Å². The highest BCUT2D eigenvalue weighted by atomic mass is 79.9. The molecule has 1 atom stereocenters. The van der Waals surface area contributed by atoms with Crippen LogP contribution < -0.4 is 11.3 Å². The van der Waals surface area contributed by atoms with E-state index < -0.39 is 11.9 Å². The predicted octanol–water partition coefficient (Wildman–Crippen LogP) is 5.21. The van der Waals surface area contributed by atoms with Crippen molar-refractivity contribution in [3.8, 4) is 0 Å². The van der Waals surface area contributed by atoms with Gasteiger partial charge in [0.05, 0.1) is 11.1 Å². The van der Waals surface area contributed by atoms with Crippen molar-refractivity contribution in [1.29, 1.82) is 0 Å². The Balaban J connectivity index is 2.55. The van der Waals surface area contributed by atoms with Crippen LogP contribution in [0.15, 0.2) is 39.3 Å². The number of nitrogens with two attached hydrogens (primary N) is 1. The summed E-state index contributed by atoms with van der Waals surface area (Å²) in [5, 5.41) is 0.544. The number of hydrazine groups is 1. The third kappa shape index (κ3) is 3.35. The number of hydrogen-bond acceptors (Lipinski definition) is 2. The molecule has 20 heavy (non-hydrogen) atoms. The average Bonchev–Trinajstić information content (AvgIpc) is 2.38. The fourth-order valence-corrected chi connectivity index (χ4v) is 3.24. The van der Waals surface area contributed by atoms with Crippen LogP contribution in [0.4, 0.5) is 4.39 Å². The van der Waals surface area contributed by atoms with Gasteiger partial charge in [-0.1, -0.05) is 45.2 Å². The van der Waals surface area contributed by atoms with Gasteiger partial charge >= 0.3 is 0 Å². The van der Waals surface area contributed by atoms with Crippen LogP contribution in [0, 0.1) is 5.82 Å². The topological polar surface area (TPSA) is 38.0 Å². The summed E-state index contributed by atoms with van der Waals surface area (Å²) in [7, 11) is 0. The second-order valence-corrected chi connectivity index (χ2v) is 6.65. The monoisotopic (exact) mass is 440 g/mol. The molecule has 0 aliphatic heterocycles. The zero-order valence-electron chi connectivity index (χ0n) is 9.93. The molecular formula is C13H9Br2Cl2FN2. The molecule has 0 saturated heterocycles. The molecule has 0 bridgehead atoms. The van der Waals surface area contributed by atoms with E-state index in [1.54, 1.807) is 24.3 Å². The minimum Gasteiger partial charge on any atom is -0.271 e. The molecule has 0 amide bonds. The second kappa shape index (κ2) is 6.73. The average molecular weight is 443 g/mol. The molecule has 0 radical (unpaired) electrons. The summed E-state index contributed by atoms with van der Waals surface area (Å²) in [6.07, 6.45) is 0. The third-order valence-electron chi connectivity index (χ3n) is 2.76. The van der Waals surface area contributed by atoms with Gasteiger partial charge < -0.3 is 0 Å². The summed E-state index contributed by atoms with van der Waals surface area (Å²) < 4.78 is 15.6. The lowest BCUT2D eigenvalue weighted by atomic mass is 9.99. The molecule has 2 rings (SSSR count). The predicted molar refractivity (Wildman–Crippen MR) is 87.4 cm³/mol. The van der Waals surface area contributed by atoms with E-state index in [0.717, 1.165) is 10.0 Å². The highest BCUT2D eigenvalue weighted by Gasteiger charge is 2.20. The lowest BCUT2D eigenvalue weighted by Crippen LogP contribution is -2.29. The molecule has 0 fully saturated rings. The first-order valence-corrected chi connectivity index (χ1v) is 7.83. The molecule has 0 aliphatic carbocycles. The van der Waals surface area contributed by atoms with E-state index in [0.29, 0.717) is 15.1 Å². The summed E-state index contributed by atoms with van der Waals surface area (Å²) in [5.41, 5.74) is 3.65. The van der Waals surface area contributed by atoms with E-state index in [1.165, 1.54) is 0 Å². The van der Waals surface area contributed by atoms with Crippen molar-refractivity contribution in [2.24, 2.45) is 5.84 Å². The maximum absolute atomic E-state index is 14.3. The van der Waals surface area contributed by atoms with E-state index in [-0.39, 0.29) is 5.02 Å². The summed E-state index contributed by atoms with van der Waals surface area (Å²) in [4.78, 5) is 0. The fraction of sp³-hybridized carbons (Fsp3) is 0.0769. The van der Waals surface area contributed by atoms with Gasteiger partial charge in [0.2, 0.25) is 0 Å². The Morgan fingerprint density at radius 3 is 2.45 bits per heavy atom. The quantitative estimate of drug-likeness (QED) is 0.389. The molecule has 2 nitrogen and oxygen atoms in total. The Kier molecular flexibility index (Phi) is 5.45. The van der Waals surface area contributed by atoms with E-state index in [1.807, 2.05) is 6.07 Å². The van der Waals surface area contributed by atoms with Crippen molar-refractivity contribution in [3.63, 3.8) is 0 Å². The molecule has 2 aromatic rings. The van der Waals surface area contributed by atoms with Gasteiger partial charge in [0, 0.05) is 19.5 Å². The molecule has 0 spiro atoms. The van der Waals surface area contributed by atoms with Crippen molar-refractivity contribution < 1.29 is 4.39 Å². The Labute approximate surface area is 142 Å².